The van der Waals surface area contributed by atoms with Gasteiger partial charge in [0.2, 0.25) is 0 Å². The zero-order valence-electron chi connectivity index (χ0n) is 12.0. The predicted octanol–water partition coefficient (Wildman–Crippen LogP) is 1.01. The van der Waals surface area contributed by atoms with Crippen LogP contribution in [0.15, 0.2) is 6.07 Å². The summed E-state index contributed by atoms with van der Waals surface area (Å²) in [6, 6.07) is 0.778. The van der Waals surface area contributed by atoms with E-state index in [0.717, 1.165) is 25.8 Å². The summed E-state index contributed by atoms with van der Waals surface area (Å²) in [5, 5.41) is 17.0. The van der Waals surface area contributed by atoms with Gasteiger partial charge < -0.3 is 10.4 Å². The van der Waals surface area contributed by atoms with Gasteiger partial charge in [0, 0.05) is 25.2 Å². The number of amides is 1. The number of aromatic amines is 1. The normalized spacial score (nSPS) is 20.1. The average molecular weight is 320 g/mol. The summed E-state index contributed by atoms with van der Waals surface area (Å²) in [4.78, 5) is 13.8. The van der Waals surface area contributed by atoms with Crippen LogP contribution in [0.3, 0.4) is 0 Å². The molecule has 1 aliphatic heterocycles. The van der Waals surface area contributed by atoms with E-state index in [2.05, 4.69) is 15.3 Å². The molecule has 0 spiro atoms. The maximum atomic E-state index is 12.4. The van der Waals surface area contributed by atoms with E-state index in [1.165, 1.54) is 0 Å². The number of piperidine rings is 1. The van der Waals surface area contributed by atoms with Crippen LogP contribution in [0.1, 0.15) is 35.4 Å². The van der Waals surface area contributed by atoms with Gasteiger partial charge in [-0.15, -0.1) is 0 Å². The molecule has 9 heteroatoms. The number of alkyl halides is 3. The largest absolute Gasteiger partial charge is 0.432 e. The van der Waals surface area contributed by atoms with E-state index in [1.807, 2.05) is 0 Å². The molecule has 0 aliphatic carbocycles. The van der Waals surface area contributed by atoms with Crippen molar-refractivity contribution in [2.75, 3.05) is 26.2 Å². The van der Waals surface area contributed by atoms with Crippen LogP contribution in [0.4, 0.5) is 13.2 Å². The highest BCUT2D eigenvalue weighted by Gasteiger charge is 2.33. The van der Waals surface area contributed by atoms with Gasteiger partial charge in [0.15, 0.2) is 5.69 Å². The zero-order valence-corrected chi connectivity index (χ0v) is 12.0. The number of carbonyl (C=O) groups excluding carboxylic acids is 1. The first-order chi connectivity index (χ1) is 10.4. The van der Waals surface area contributed by atoms with Crippen LogP contribution >= 0.6 is 0 Å². The Bertz CT molecular complexity index is 504. The second-order valence-electron chi connectivity index (χ2n) is 5.29. The summed E-state index contributed by atoms with van der Waals surface area (Å²) >= 11 is 0. The molecule has 1 fully saturated rings. The highest BCUT2D eigenvalue weighted by Crippen LogP contribution is 2.27. The molecule has 0 saturated carbocycles. The van der Waals surface area contributed by atoms with Gasteiger partial charge in [-0.1, -0.05) is 6.42 Å². The van der Waals surface area contributed by atoms with Crippen LogP contribution in [-0.2, 0) is 6.18 Å². The van der Waals surface area contributed by atoms with Gasteiger partial charge in [0.05, 0.1) is 6.61 Å². The Labute approximate surface area is 125 Å². The number of H-pyrrole nitrogens is 1. The number of halogens is 3. The number of nitrogens with one attached hydrogen (secondary N) is 2. The minimum absolute atomic E-state index is 0.0717. The van der Waals surface area contributed by atoms with Crippen molar-refractivity contribution in [2.45, 2.75) is 31.5 Å². The number of hydrogen-bond acceptors (Lipinski definition) is 4. The minimum Gasteiger partial charge on any atom is -0.395 e. The molecule has 3 N–H and O–H groups in total. The van der Waals surface area contributed by atoms with Crippen molar-refractivity contribution in [3.63, 3.8) is 0 Å². The van der Waals surface area contributed by atoms with Crippen LogP contribution in [-0.4, -0.2) is 58.4 Å². The summed E-state index contributed by atoms with van der Waals surface area (Å²) in [5.41, 5.74) is -1.33. The van der Waals surface area contributed by atoms with Crippen LogP contribution in [0, 0.1) is 0 Å². The molecular weight excluding hydrogens is 301 g/mol. The molecule has 0 radical (unpaired) electrons. The van der Waals surface area contributed by atoms with E-state index in [0.29, 0.717) is 19.2 Å². The molecule has 22 heavy (non-hydrogen) atoms. The third-order valence-electron chi connectivity index (χ3n) is 3.76. The Morgan fingerprint density at radius 1 is 1.50 bits per heavy atom. The molecular formula is C13H19F3N4O2. The van der Waals surface area contributed by atoms with Crippen LogP contribution in [0.2, 0.25) is 0 Å². The Kier molecular flexibility index (Phi) is 5.41. The van der Waals surface area contributed by atoms with Gasteiger partial charge in [-0.25, -0.2) is 0 Å². The maximum Gasteiger partial charge on any atom is 0.432 e. The third kappa shape index (κ3) is 4.20. The highest BCUT2D eigenvalue weighted by molar-refractivity contribution is 5.92. The number of nitrogens with zero attached hydrogens (tertiary/aromatic N) is 2. The first kappa shape index (κ1) is 16.8. The van der Waals surface area contributed by atoms with E-state index >= 15 is 0 Å². The van der Waals surface area contributed by atoms with Crippen molar-refractivity contribution in [1.29, 1.82) is 0 Å². The quantitative estimate of drug-likeness (QED) is 0.756. The third-order valence-corrected chi connectivity index (χ3v) is 3.76. The van der Waals surface area contributed by atoms with E-state index in [4.69, 9.17) is 0 Å². The van der Waals surface area contributed by atoms with Crippen LogP contribution in [0.25, 0.3) is 0 Å². The fourth-order valence-corrected chi connectivity index (χ4v) is 2.55. The lowest BCUT2D eigenvalue weighted by Crippen LogP contribution is -2.45. The second kappa shape index (κ2) is 7.10. The monoisotopic (exact) mass is 320 g/mol. The second-order valence-corrected chi connectivity index (χ2v) is 5.29. The molecule has 1 saturated heterocycles. The fourth-order valence-electron chi connectivity index (χ4n) is 2.55. The molecule has 124 valence electrons. The lowest BCUT2D eigenvalue weighted by Gasteiger charge is -2.34. The first-order valence-electron chi connectivity index (χ1n) is 7.17. The lowest BCUT2D eigenvalue weighted by molar-refractivity contribution is -0.141. The molecule has 1 unspecified atom stereocenters. The summed E-state index contributed by atoms with van der Waals surface area (Å²) in [5.74, 6) is -0.649. The van der Waals surface area contributed by atoms with Crippen LogP contribution in [0.5, 0.6) is 0 Å². The highest BCUT2D eigenvalue weighted by atomic mass is 19.4. The van der Waals surface area contributed by atoms with E-state index < -0.39 is 17.8 Å². The molecule has 0 bridgehead atoms. The fraction of sp³-hybridized carbons (Fsp3) is 0.692. The number of rotatable bonds is 5. The molecule has 2 heterocycles. The molecule has 1 aromatic rings. The number of likely N-dealkylation sites (tertiary alicyclic amines) is 1. The van der Waals surface area contributed by atoms with Crippen molar-refractivity contribution in [3.05, 3.63) is 17.5 Å². The first-order valence-corrected chi connectivity index (χ1v) is 7.17. The van der Waals surface area contributed by atoms with E-state index in [-0.39, 0.29) is 18.3 Å². The number of aliphatic hydroxyl groups is 1. The SMILES string of the molecule is O=C(NCCN1CCCCC1CO)c1cc(C(F)(F)F)[nH]n1. The van der Waals surface area contributed by atoms with Crippen molar-refractivity contribution in [1.82, 2.24) is 20.4 Å². The van der Waals surface area contributed by atoms with Gasteiger partial charge in [0.25, 0.3) is 5.91 Å². The van der Waals surface area contributed by atoms with Crippen molar-refractivity contribution in [3.8, 4) is 0 Å². The van der Waals surface area contributed by atoms with Gasteiger partial charge in [-0.2, -0.15) is 18.3 Å². The number of hydrogen-bond donors (Lipinski definition) is 3. The molecule has 1 aromatic heterocycles. The Morgan fingerprint density at radius 2 is 2.27 bits per heavy atom. The zero-order chi connectivity index (χ0) is 16.2. The van der Waals surface area contributed by atoms with Crippen LogP contribution < -0.4 is 5.32 Å². The Morgan fingerprint density at radius 3 is 2.91 bits per heavy atom. The van der Waals surface area contributed by atoms with E-state index in [9.17, 15) is 23.1 Å². The topological polar surface area (TPSA) is 81.3 Å². The molecule has 1 aliphatic rings. The smallest absolute Gasteiger partial charge is 0.395 e. The average Bonchev–Trinajstić information content (AvgIpc) is 2.97. The minimum atomic E-state index is -4.55. The summed E-state index contributed by atoms with van der Waals surface area (Å²) in [6.07, 6.45) is -1.52. The van der Waals surface area contributed by atoms with Gasteiger partial charge in [0.1, 0.15) is 5.69 Å². The molecule has 1 amide bonds. The Hall–Kier alpha value is -1.61. The molecule has 6 nitrogen and oxygen atoms in total. The summed E-state index contributed by atoms with van der Waals surface area (Å²) in [7, 11) is 0. The standard InChI is InChI=1S/C13H19F3N4O2/c14-13(15,16)11-7-10(18-19-11)12(22)17-4-6-20-5-2-1-3-9(20)8-21/h7,9,21H,1-6,8H2,(H,17,22)(H,18,19). The number of carbonyl (C=O) groups is 1. The lowest BCUT2D eigenvalue weighted by atomic mass is 10.0. The summed E-state index contributed by atoms with van der Waals surface area (Å²) in [6.45, 7) is 1.76. The molecule has 2 rings (SSSR count). The van der Waals surface area contributed by atoms with Gasteiger partial charge >= 0.3 is 6.18 Å². The van der Waals surface area contributed by atoms with Crippen molar-refractivity contribution < 1.29 is 23.1 Å². The Balaban J connectivity index is 1.81. The predicted molar refractivity (Wildman–Crippen MR) is 72.2 cm³/mol. The van der Waals surface area contributed by atoms with E-state index in [1.54, 1.807) is 5.10 Å². The molecule has 1 atom stereocenters. The number of aliphatic hydroxyl groups excluding tert-OH is 1. The maximum absolute atomic E-state index is 12.4. The summed E-state index contributed by atoms with van der Waals surface area (Å²) < 4.78 is 37.2. The van der Waals surface area contributed by atoms with Crippen molar-refractivity contribution >= 4 is 5.91 Å². The van der Waals surface area contributed by atoms with Gasteiger partial charge in [-0.3, -0.25) is 14.8 Å². The number of aromatic nitrogens is 2. The molecule has 0 aromatic carbocycles. The van der Waals surface area contributed by atoms with Gasteiger partial charge in [-0.05, 0) is 19.4 Å². The van der Waals surface area contributed by atoms with Crippen molar-refractivity contribution in [2.24, 2.45) is 0 Å².